The molecule has 1 saturated carbocycles. The highest BCUT2D eigenvalue weighted by molar-refractivity contribution is 9.10. The van der Waals surface area contributed by atoms with Crippen LogP contribution in [0, 0.1) is 5.41 Å². The van der Waals surface area contributed by atoms with E-state index in [9.17, 15) is 9.59 Å². The number of fused-ring (bicyclic) bond motifs is 1. The van der Waals surface area contributed by atoms with E-state index >= 15 is 0 Å². The van der Waals surface area contributed by atoms with Crippen molar-refractivity contribution in [2.45, 2.75) is 17.7 Å². The SMILES string of the molecule is CC12CC1(Br)C(=O)OC2=O. The first kappa shape index (κ1) is 6.34. The summed E-state index contributed by atoms with van der Waals surface area (Å²) >= 11 is 3.18. The standard InChI is InChI=1S/C6H5BrO3/c1-5-2-6(5,7)4(9)10-3(5)8/h2H2,1H3. The van der Waals surface area contributed by atoms with Gasteiger partial charge in [0.05, 0.1) is 5.41 Å². The zero-order chi connectivity index (χ0) is 7.57. The van der Waals surface area contributed by atoms with Crippen molar-refractivity contribution in [3.63, 3.8) is 0 Å². The van der Waals surface area contributed by atoms with Crippen LogP contribution in [-0.4, -0.2) is 16.3 Å². The molecule has 0 bridgehead atoms. The van der Waals surface area contributed by atoms with E-state index in [-0.39, 0.29) is 0 Å². The summed E-state index contributed by atoms with van der Waals surface area (Å²) in [6.45, 7) is 1.73. The Bertz CT molecular complexity index is 225. The van der Waals surface area contributed by atoms with Crippen LogP contribution < -0.4 is 0 Å². The van der Waals surface area contributed by atoms with Crippen LogP contribution >= 0.6 is 15.9 Å². The summed E-state index contributed by atoms with van der Waals surface area (Å²) in [6.07, 6.45) is 0.581. The van der Waals surface area contributed by atoms with Gasteiger partial charge in [-0.3, -0.25) is 4.79 Å². The van der Waals surface area contributed by atoms with Gasteiger partial charge in [-0.15, -0.1) is 0 Å². The van der Waals surface area contributed by atoms with Crippen molar-refractivity contribution in [3.05, 3.63) is 0 Å². The topological polar surface area (TPSA) is 43.4 Å². The van der Waals surface area contributed by atoms with Gasteiger partial charge >= 0.3 is 11.9 Å². The largest absolute Gasteiger partial charge is 0.392 e. The molecule has 0 spiro atoms. The molecule has 2 aliphatic rings. The first-order chi connectivity index (χ1) is 4.51. The Kier molecular flexibility index (Phi) is 0.824. The lowest BCUT2D eigenvalue weighted by molar-refractivity contribution is -0.156. The molecule has 1 saturated heterocycles. The highest BCUT2D eigenvalue weighted by Gasteiger charge is 2.79. The number of rotatable bonds is 0. The molecule has 1 aliphatic carbocycles. The van der Waals surface area contributed by atoms with E-state index in [4.69, 9.17) is 0 Å². The summed E-state index contributed by atoms with van der Waals surface area (Å²) in [6, 6.07) is 0. The molecule has 0 amide bonds. The molecule has 4 heteroatoms. The average molecular weight is 205 g/mol. The molecule has 1 heterocycles. The Balaban J connectivity index is 2.47. The average Bonchev–Trinajstić information content (AvgIpc) is 2.33. The van der Waals surface area contributed by atoms with Crippen LogP contribution in [0.15, 0.2) is 0 Å². The number of hydrogen-bond acceptors (Lipinski definition) is 3. The van der Waals surface area contributed by atoms with Gasteiger partial charge in [0.1, 0.15) is 4.32 Å². The lowest BCUT2D eigenvalue weighted by Crippen LogP contribution is -2.13. The Morgan fingerprint density at radius 1 is 1.50 bits per heavy atom. The van der Waals surface area contributed by atoms with Crippen LogP contribution in [0.4, 0.5) is 0 Å². The number of hydrogen-bond donors (Lipinski definition) is 0. The molecule has 0 aromatic heterocycles. The fraction of sp³-hybridized carbons (Fsp3) is 0.667. The maximum atomic E-state index is 10.9. The number of alkyl halides is 1. The van der Waals surface area contributed by atoms with Gasteiger partial charge in [0.25, 0.3) is 0 Å². The summed E-state index contributed by atoms with van der Waals surface area (Å²) in [5, 5.41) is 0. The molecule has 0 N–H and O–H groups in total. The van der Waals surface area contributed by atoms with Gasteiger partial charge in [-0.1, -0.05) is 15.9 Å². The fourth-order valence-corrected chi connectivity index (χ4v) is 2.06. The molecule has 2 fully saturated rings. The van der Waals surface area contributed by atoms with Crippen LogP contribution in [0.2, 0.25) is 0 Å². The first-order valence-corrected chi connectivity index (χ1v) is 3.76. The molecule has 3 nitrogen and oxygen atoms in total. The molecule has 0 radical (unpaired) electrons. The molecular weight excluding hydrogens is 200 g/mol. The Labute approximate surface area is 65.9 Å². The Hall–Kier alpha value is -0.380. The van der Waals surface area contributed by atoms with E-state index in [1.54, 1.807) is 6.92 Å². The highest BCUT2D eigenvalue weighted by atomic mass is 79.9. The van der Waals surface area contributed by atoms with Gasteiger partial charge in [0.2, 0.25) is 0 Å². The number of halogens is 1. The van der Waals surface area contributed by atoms with Crippen molar-refractivity contribution in [3.8, 4) is 0 Å². The van der Waals surface area contributed by atoms with Crippen LogP contribution in [0.5, 0.6) is 0 Å². The van der Waals surface area contributed by atoms with Gasteiger partial charge in [0, 0.05) is 0 Å². The minimum Gasteiger partial charge on any atom is -0.392 e. The molecule has 54 valence electrons. The van der Waals surface area contributed by atoms with Crippen LogP contribution in [0.25, 0.3) is 0 Å². The van der Waals surface area contributed by atoms with Crippen molar-refractivity contribution in [1.29, 1.82) is 0 Å². The van der Waals surface area contributed by atoms with Gasteiger partial charge in [-0.2, -0.15) is 0 Å². The van der Waals surface area contributed by atoms with Gasteiger partial charge in [-0.05, 0) is 13.3 Å². The normalized spacial score (nSPS) is 50.6. The van der Waals surface area contributed by atoms with E-state index in [0.717, 1.165) is 0 Å². The third-order valence-corrected chi connectivity index (χ3v) is 3.79. The minimum absolute atomic E-state index is 0.394. The molecule has 2 atom stereocenters. The number of ether oxygens (including phenoxy) is 1. The maximum absolute atomic E-state index is 10.9. The van der Waals surface area contributed by atoms with Crippen molar-refractivity contribution in [1.82, 2.24) is 0 Å². The van der Waals surface area contributed by atoms with E-state index in [0.29, 0.717) is 6.42 Å². The highest BCUT2D eigenvalue weighted by Crippen LogP contribution is 2.66. The zero-order valence-corrected chi connectivity index (χ0v) is 6.90. The van der Waals surface area contributed by atoms with Gasteiger partial charge in [-0.25, -0.2) is 4.79 Å². The van der Waals surface area contributed by atoms with Crippen molar-refractivity contribution < 1.29 is 14.3 Å². The summed E-state index contributed by atoms with van der Waals surface area (Å²) < 4.78 is 3.73. The van der Waals surface area contributed by atoms with Crippen LogP contribution in [0.3, 0.4) is 0 Å². The van der Waals surface area contributed by atoms with E-state index in [1.807, 2.05) is 0 Å². The quantitative estimate of drug-likeness (QED) is 0.330. The van der Waals surface area contributed by atoms with Gasteiger partial charge in [0.15, 0.2) is 0 Å². The molecular formula is C6H5BrO3. The number of cyclic esters (lactones) is 2. The summed E-state index contributed by atoms with van der Waals surface area (Å²) in [5.41, 5.74) is -0.565. The molecule has 0 aromatic rings. The number of esters is 2. The Morgan fingerprint density at radius 2 is 2.10 bits per heavy atom. The summed E-state index contributed by atoms with van der Waals surface area (Å²) in [7, 11) is 0. The lowest BCUT2D eigenvalue weighted by Gasteiger charge is -1.94. The zero-order valence-electron chi connectivity index (χ0n) is 5.31. The van der Waals surface area contributed by atoms with Gasteiger partial charge < -0.3 is 4.74 Å². The third kappa shape index (κ3) is 0.408. The first-order valence-electron chi connectivity index (χ1n) is 2.96. The van der Waals surface area contributed by atoms with Crippen LogP contribution in [-0.2, 0) is 14.3 Å². The van der Waals surface area contributed by atoms with Crippen molar-refractivity contribution >= 4 is 27.9 Å². The van der Waals surface area contributed by atoms with E-state index in [1.165, 1.54) is 0 Å². The maximum Gasteiger partial charge on any atom is 0.331 e. The molecule has 2 rings (SSSR count). The number of carbonyl (C=O) groups excluding carboxylic acids is 2. The molecule has 0 aromatic carbocycles. The van der Waals surface area contributed by atoms with Crippen LogP contribution in [0.1, 0.15) is 13.3 Å². The second kappa shape index (κ2) is 1.30. The predicted molar refractivity (Wildman–Crippen MR) is 35.5 cm³/mol. The van der Waals surface area contributed by atoms with Crippen molar-refractivity contribution in [2.24, 2.45) is 5.41 Å². The smallest absolute Gasteiger partial charge is 0.331 e. The minimum atomic E-state index is -0.670. The predicted octanol–water partition coefficient (Wildman–Crippen LogP) is 0.614. The summed E-state index contributed by atoms with van der Waals surface area (Å²) in [5.74, 6) is -0.825. The molecule has 10 heavy (non-hydrogen) atoms. The second-order valence-corrected chi connectivity index (χ2v) is 4.34. The fourth-order valence-electron chi connectivity index (χ4n) is 1.25. The van der Waals surface area contributed by atoms with Crippen molar-refractivity contribution in [2.75, 3.05) is 0 Å². The monoisotopic (exact) mass is 204 g/mol. The summed E-state index contributed by atoms with van der Waals surface area (Å²) in [4.78, 5) is 21.7. The Morgan fingerprint density at radius 3 is 2.20 bits per heavy atom. The molecule has 1 aliphatic heterocycles. The third-order valence-electron chi connectivity index (χ3n) is 2.31. The molecule has 2 unspecified atom stereocenters. The lowest BCUT2D eigenvalue weighted by atomic mass is 10.1. The second-order valence-electron chi connectivity index (χ2n) is 2.99. The van der Waals surface area contributed by atoms with E-state index in [2.05, 4.69) is 20.7 Å². The number of carbonyl (C=O) groups is 2. The van der Waals surface area contributed by atoms with E-state index < -0.39 is 21.7 Å².